The molecule has 0 aliphatic heterocycles. The Bertz CT molecular complexity index is 1340. The summed E-state index contributed by atoms with van der Waals surface area (Å²) in [4.78, 5) is 12.9. The van der Waals surface area contributed by atoms with Gasteiger partial charge in [0.1, 0.15) is 6.54 Å². The second-order valence-corrected chi connectivity index (χ2v) is 10.4. The van der Waals surface area contributed by atoms with Crippen molar-refractivity contribution in [1.29, 1.82) is 0 Å². The Morgan fingerprint density at radius 2 is 1.69 bits per heavy atom. The number of aryl methyl sites for hydroxylation is 1. The highest BCUT2D eigenvalue weighted by atomic mass is 79.9. The minimum absolute atomic E-state index is 0.0842. The molecule has 184 valence electrons. The summed E-state index contributed by atoms with van der Waals surface area (Å²) in [5.41, 5.74) is 4.94. The molecule has 3 aromatic carbocycles. The van der Waals surface area contributed by atoms with E-state index >= 15 is 0 Å². The van der Waals surface area contributed by atoms with Crippen LogP contribution < -0.4 is 19.2 Å². The molecule has 0 aliphatic rings. The molecule has 0 saturated heterocycles. The van der Waals surface area contributed by atoms with E-state index in [1.54, 1.807) is 68.6 Å². The molecular weight excluding hydrogens is 534 g/mol. The number of nitrogens with zero attached hydrogens (tertiary/aromatic N) is 2. The van der Waals surface area contributed by atoms with Gasteiger partial charge in [-0.1, -0.05) is 39.7 Å². The summed E-state index contributed by atoms with van der Waals surface area (Å²) in [7, 11) is -0.947. The number of methoxy groups -OCH3 is 2. The van der Waals surface area contributed by atoms with Gasteiger partial charge in [0.25, 0.3) is 15.9 Å². The number of halogens is 1. The van der Waals surface area contributed by atoms with Crippen LogP contribution in [0.2, 0.25) is 0 Å². The van der Waals surface area contributed by atoms with Gasteiger partial charge in [-0.05, 0) is 62.4 Å². The topological polar surface area (TPSA) is 97.3 Å². The van der Waals surface area contributed by atoms with Gasteiger partial charge < -0.3 is 9.47 Å². The van der Waals surface area contributed by atoms with Gasteiger partial charge >= 0.3 is 0 Å². The average Bonchev–Trinajstić information content (AvgIpc) is 2.85. The molecule has 0 heterocycles. The molecule has 8 nitrogen and oxygen atoms in total. The second kappa shape index (κ2) is 11.4. The van der Waals surface area contributed by atoms with E-state index in [2.05, 4.69) is 26.5 Å². The highest BCUT2D eigenvalue weighted by molar-refractivity contribution is 9.10. The van der Waals surface area contributed by atoms with E-state index in [1.807, 2.05) is 6.92 Å². The molecule has 0 radical (unpaired) electrons. The normalized spacial score (nSPS) is 11.6. The lowest BCUT2D eigenvalue weighted by atomic mass is 10.1. The zero-order valence-corrected chi connectivity index (χ0v) is 22.2. The second-order valence-electron chi connectivity index (χ2n) is 7.61. The lowest BCUT2D eigenvalue weighted by Gasteiger charge is -2.24. The van der Waals surface area contributed by atoms with Crippen molar-refractivity contribution in [3.05, 3.63) is 82.3 Å². The van der Waals surface area contributed by atoms with Crippen molar-refractivity contribution in [3.8, 4) is 11.5 Å². The molecule has 35 heavy (non-hydrogen) atoms. The average molecular weight is 560 g/mol. The monoisotopic (exact) mass is 559 g/mol. The van der Waals surface area contributed by atoms with Crippen molar-refractivity contribution in [2.24, 2.45) is 5.10 Å². The maximum atomic E-state index is 13.5. The number of benzene rings is 3. The van der Waals surface area contributed by atoms with Crippen molar-refractivity contribution >= 4 is 43.3 Å². The van der Waals surface area contributed by atoms with Crippen molar-refractivity contribution < 1.29 is 22.7 Å². The Morgan fingerprint density at radius 1 is 1.00 bits per heavy atom. The number of rotatable bonds is 9. The lowest BCUT2D eigenvalue weighted by Crippen LogP contribution is -2.39. The molecule has 0 aromatic heterocycles. The fraction of sp³-hybridized carbons (Fsp3) is 0.200. The number of carbonyl (C=O) groups is 1. The summed E-state index contributed by atoms with van der Waals surface area (Å²) in [6, 6.07) is 18.5. The van der Waals surface area contributed by atoms with Crippen molar-refractivity contribution in [2.75, 3.05) is 25.1 Å². The molecule has 0 aliphatic carbocycles. The SMILES string of the molecule is COc1ccc(/C(C)=N\NC(=O)CN(c2cccc(Br)c2)S(=O)(=O)c2ccc(C)cc2)cc1OC. The molecule has 0 bridgehead atoms. The summed E-state index contributed by atoms with van der Waals surface area (Å²) in [6.45, 7) is 3.13. The molecule has 3 aromatic rings. The summed E-state index contributed by atoms with van der Waals surface area (Å²) in [6.07, 6.45) is 0. The number of anilines is 1. The predicted molar refractivity (Wildman–Crippen MR) is 140 cm³/mol. The number of nitrogens with one attached hydrogen (secondary N) is 1. The largest absolute Gasteiger partial charge is 0.493 e. The van der Waals surface area contributed by atoms with Crippen LogP contribution in [0.25, 0.3) is 0 Å². The number of amides is 1. The molecule has 1 amide bonds. The first-order chi connectivity index (χ1) is 16.6. The molecule has 1 N–H and O–H groups in total. The highest BCUT2D eigenvalue weighted by Crippen LogP contribution is 2.28. The van der Waals surface area contributed by atoms with Crippen LogP contribution in [-0.4, -0.2) is 40.8 Å². The van der Waals surface area contributed by atoms with Gasteiger partial charge in [-0.3, -0.25) is 9.10 Å². The highest BCUT2D eigenvalue weighted by Gasteiger charge is 2.27. The van der Waals surface area contributed by atoms with Crippen LogP contribution in [-0.2, 0) is 14.8 Å². The quantitative estimate of drug-likeness (QED) is 0.307. The van der Waals surface area contributed by atoms with Crippen LogP contribution in [0.4, 0.5) is 5.69 Å². The van der Waals surface area contributed by atoms with Crippen LogP contribution in [0.3, 0.4) is 0 Å². The number of hydrogen-bond acceptors (Lipinski definition) is 6. The number of hydrazone groups is 1. The molecule has 0 atom stereocenters. The maximum absolute atomic E-state index is 13.5. The van der Waals surface area contributed by atoms with Crippen LogP contribution in [0, 0.1) is 6.92 Å². The standard InChI is InChI=1S/C25H26BrN3O5S/c1-17-8-11-22(12-9-17)35(31,32)29(21-7-5-6-20(26)15-21)16-25(30)28-27-18(2)19-10-13-23(33-3)24(14-19)34-4/h5-15H,16H2,1-4H3,(H,28,30)/b27-18-. The van der Waals surface area contributed by atoms with Gasteiger partial charge in [0.2, 0.25) is 0 Å². The number of ether oxygens (including phenoxy) is 2. The van der Waals surface area contributed by atoms with E-state index < -0.39 is 22.5 Å². The molecule has 0 fully saturated rings. The smallest absolute Gasteiger partial charge is 0.264 e. The summed E-state index contributed by atoms with van der Waals surface area (Å²) in [5.74, 6) is 0.496. The summed E-state index contributed by atoms with van der Waals surface area (Å²) in [5, 5.41) is 4.15. The minimum Gasteiger partial charge on any atom is -0.493 e. The van der Waals surface area contributed by atoms with Gasteiger partial charge in [0.05, 0.1) is 30.5 Å². The van der Waals surface area contributed by atoms with E-state index in [9.17, 15) is 13.2 Å². The summed E-state index contributed by atoms with van der Waals surface area (Å²) < 4.78 is 39.2. The first-order valence-electron chi connectivity index (χ1n) is 10.6. The van der Waals surface area contributed by atoms with Crippen LogP contribution in [0.5, 0.6) is 11.5 Å². The van der Waals surface area contributed by atoms with Gasteiger partial charge in [-0.15, -0.1) is 0 Å². The molecular formula is C25H26BrN3O5S. The van der Waals surface area contributed by atoms with Crippen LogP contribution in [0.15, 0.2) is 81.2 Å². The maximum Gasteiger partial charge on any atom is 0.264 e. The Kier molecular flexibility index (Phi) is 8.52. The van der Waals surface area contributed by atoms with Gasteiger partial charge in [-0.2, -0.15) is 5.10 Å². The molecule has 10 heteroatoms. The third-order valence-corrected chi connectivity index (χ3v) is 7.42. The van der Waals surface area contributed by atoms with Gasteiger partial charge in [-0.25, -0.2) is 13.8 Å². The fourth-order valence-electron chi connectivity index (χ4n) is 3.22. The van der Waals surface area contributed by atoms with E-state index in [-0.39, 0.29) is 4.90 Å². The predicted octanol–water partition coefficient (Wildman–Crippen LogP) is 4.51. The third kappa shape index (κ3) is 6.40. The minimum atomic E-state index is -4.02. The summed E-state index contributed by atoms with van der Waals surface area (Å²) >= 11 is 3.36. The van der Waals surface area contributed by atoms with Crippen molar-refractivity contribution in [2.45, 2.75) is 18.7 Å². The molecule has 0 saturated carbocycles. The van der Waals surface area contributed by atoms with E-state index in [0.29, 0.717) is 32.9 Å². The van der Waals surface area contributed by atoms with Crippen LogP contribution in [0.1, 0.15) is 18.1 Å². The molecule has 0 unspecified atom stereocenters. The molecule has 3 rings (SSSR count). The van der Waals surface area contributed by atoms with E-state index in [1.165, 1.54) is 19.2 Å². The fourth-order valence-corrected chi connectivity index (χ4v) is 5.02. The number of hydrogen-bond donors (Lipinski definition) is 1. The van der Waals surface area contributed by atoms with E-state index in [0.717, 1.165) is 9.87 Å². The third-order valence-electron chi connectivity index (χ3n) is 5.14. The zero-order valence-electron chi connectivity index (χ0n) is 19.8. The molecule has 0 spiro atoms. The first kappa shape index (κ1) is 26.2. The van der Waals surface area contributed by atoms with Crippen molar-refractivity contribution in [1.82, 2.24) is 5.43 Å². The Morgan fingerprint density at radius 3 is 2.31 bits per heavy atom. The zero-order chi connectivity index (χ0) is 25.6. The lowest BCUT2D eigenvalue weighted by molar-refractivity contribution is -0.119. The van der Waals surface area contributed by atoms with E-state index in [4.69, 9.17) is 9.47 Å². The number of carbonyl (C=O) groups excluding carboxylic acids is 1. The van der Waals surface area contributed by atoms with Gasteiger partial charge in [0.15, 0.2) is 11.5 Å². The Balaban J connectivity index is 1.86. The first-order valence-corrected chi connectivity index (χ1v) is 12.8. The Labute approximate surface area is 213 Å². The van der Waals surface area contributed by atoms with Crippen molar-refractivity contribution in [3.63, 3.8) is 0 Å². The van der Waals surface area contributed by atoms with Gasteiger partial charge in [0, 0.05) is 10.0 Å². The number of sulfonamides is 1. The Hall–Kier alpha value is -3.37. The van der Waals surface area contributed by atoms with Crippen LogP contribution >= 0.6 is 15.9 Å².